The number of nitrogens with two attached hydrogens (primary N) is 1. The largest absolute Gasteiger partial charge is 0.396 e. The normalized spacial score (nSPS) is 10.8. The van der Waals surface area contributed by atoms with Gasteiger partial charge in [0.05, 0.1) is 21.9 Å². The SMILES string of the molecule is Nc1c(Cl)cc2[nH][c]cc2c1Cl. The second kappa shape index (κ2) is 2.57. The predicted molar refractivity (Wildman–Crippen MR) is 51.6 cm³/mol. The lowest BCUT2D eigenvalue weighted by Gasteiger charge is -2.01. The van der Waals surface area contributed by atoms with Crippen LogP contribution in [-0.4, -0.2) is 4.98 Å². The Morgan fingerprint density at radius 2 is 2.17 bits per heavy atom. The van der Waals surface area contributed by atoms with Crippen LogP contribution < -0.4 is 5.73 Å². The Bertz CT molecular complexity index is 434. The first kappa shape index (κ1) is 7.77. The van der Waals surface area contributed by atoms with Gasteiger partial charge in [0.1, 0.15) is 0 Å². The topological polar surface area (TPSA) is 41.8 Å². The molecular weight excluding hydrogens is 195 g/mol. The minimum Gasteiger partial charge on any atom is -0.396 e. The number of H-pyrrole nitrogens is 1. The van der Waals surface area contributed by atoms with E-state index in [9.17, 15) is 0 Å². The van der Waals surface area contributed by atoms with Gasteiger partial charge in [-0.25, -0.2) is 0 Å². The summed E-state index contributed by atoms with van der Waals surface area (Å²) in [6.45, 7) is 0. The molecule has 0 amide bonds. The van der Waals surface area contributed by atoms with Gasteiger partial charge >= 0.3 is 0 Å². The first-order valence-corrected chi connectivity index (χ1v) is 4.08. The average Bonchev–Trinajstić information content (AvgIpc) is 2.48. The number of fused-ring (bicyclic) bond motifs is 1. The van der Waals surface area contributed by atoms with Gasteiger partial charge < -0.3 is 10.7 Å². The van der Waals surface area contributed by atoms with Crippen molar-refractivity contribution in [2.45, 2.75) is 0 Å². The van der Waals surface area contributed by atoms with Crippen molar-refractivity contribution in [3.8, 4) is 0 Å². The first-order valence-electron chi connectivity index (χ1n) is 3.32. The maximum Gasteiger partial charge on any atom is 0.0744 e. The van der Waals surface area contributed by atoms with E-state index in [1.54, 1.807) is 12.1 Å². The summed E-state index contributed by atoms with van der Waals surface area (Å²) in [6.07, 6.45) is 2.81. The van der Waals surface area contributed by atoms with Gasteiger partial charge in [0.25, 0.3) is 0 Å². The molecule has 12 heavy (non-hydrogen) atoms. The summed E-state index contributed by atoms with van der Waals surface area (Å²) >= 11 is 11.7. The van der Waals surface area contributed by atoms with Gasteiger partial charge in [-0.1, -0.05) is 23.2 Å². The number of aromatic nitrogens is 1. The highest BCUT2D eigenvalue weighted by molar-refractivity contribution is 6.42. The van der Waals surface area contributed by atoms with Gasteiger partial charge in [0, 0.05) is 10.9 Å². The van der Waals surface area contributed by atoms with Gasteiger partial charge in [-0.3, -0.25) is 0 Å². The van der Waals surface area contributed by atoms with E-state index in [1.807, 2.05) is 0 Å². The maximum atomic E-state index is 5.92. The third-order valence-corrected chi connectivity index (χ3v) is 2.43. The zero-order valence-electron chi connectivity index (χ0n) is 5.99. The molecule has 2 nitrogen and oxygen atoms in total. The van der Waals surface area contributed by atoms with Crippen LogP contribution in [0.25, 0.3) is 10.9 Å². The van der Waals surface area contributed by atoms with Crippen LogP contribution in [0.4, 0.5) is 5.69 Å². The molecule has 1 aromatic carbocycles. The number of aromatic amines is 1. The van der Waals surface area contributed by atoms with Crippen molar-refractivity contribution < 1.29 is 0 Å². The number of hydrogen-bond acceptors (Lipinski definition) is 1. The molecule has 0 aliphatic carbocycles. The molecule has 1 heterocycles. The van der Waals surface area contributed by atoms with E-state index in [4.69, 9.17) is 28.9 Å². The Morgan fingerprint density at radius 1 is 1.42 bits per heavy atom. The highest BCUT2D eigenvalue weighted by atomic mass is 35.5. The van der Waals surface area contributed by atoms with E-state index in [-0.39, 0.29) is 0 Å². The number of nitrogen functional groups attached to an aromatic ring is 1. The van der Waals surface area contributed by atoms with Crippen LogP contribution in [0.5, 0.6) is 0 Å². The Kier molecular flexibility index (Phi) is 1.67. The number of anilines is 1. The molecule has 0 fully saturated rings. The second-order valence-electron chi connectivity index (χ2n) is 2.46. The molecule has 1 aromatic heterocycles. The lowest BCUT2D eigenvalue weighted by atomic mass is 10.2. The van der Waals surface area contributed by atoms with E-state index in [0.29, 0.717) is 15.7 Å². The fourth-order valence-corrected chi connectivity index (χ4v) is 1.59. The molecule has 0 atom stereocenters. The lowest BCUT2D eigenvalue weighted by Crippen LogP contribution is -1.87. The molecule has 0 saturated heterocycles. The summed E-state index contributed by atoms with van der Waals surface area (Å²) in [5, 5.41) is 1.79. The Hall–Kier alpha value is -0.860. The number of halogens is 2. The van der Waals surface area contributed by atoms with Crippen LogP contribution in [0.3, 0.4) is 0 Å². The highest BCUT2D eigenvalue weighted by Crippen LogP contribution is 2.34. The monoisotopic (exact) mass is 199 g/mol. The summed E-state index contributed by atoms with van der Waals surface area (Å²) in [5.74, 6) is 0. The number of hydrogen-bond donors (Lipinski definition) is 2. The van der Waals surface area contributed by atoms with Gasteiger partial charge in [-0.05, 0) is 12.1 Å². The Balaban J connectivity index is 2.94. The molecule has 4 heteroatoms. The maximum absolute atomic E-state index is 5.92. The fourth-order valence-electron chi connectivity index (χ4n) is 1.08. The van der Waals surface area contributed by atoms with E-state index in [1.165, 1.54) is 0 Å². The molecule has 0 bridgehead atoms. The van der Waals surface area contributed by atoms with Crippen molar-refractivity contribution in [1.82, 2.24) is 4.98 Å². The molecule has 0 saturated carbocycles. The van der Waals surface area contributed by atoms with Crippen LogP contribution in [0.1, 0.15) is 0 Å². The van der Waals surface area contributed by atoms with Crippen LogP contribution in [0, 0.1) is 6.20 Å². The summed E-state index contributed by atoms with van der Waals surface area (Å²) in [5.41, 5.74) is 6.88. The fraction of sp³-hybridized carbons (Fsp3) is 0. The molecule has 0 aliphatic rings. The van der Waals surface area contributed by atoms with Crippen LogP contribution in [0.15, 0.2) is 12.1 Å². The molecule has 0 unspecified atom stereocenters. The van der Waals surface area contributed by atoms with Crippen molar-refractivity contribution in [2.75, 3.05) is 5.73 Å². The summed E-state index contributed by atoms with van der Waals surface area (Å²) in [7, 11) is 0. The van der Waals surface area contributed by atoms with Gasteiger partial charge in [-0.15, -0.1) is 0 Å². The second-order valence-corrected chi connectivity index (χ2v) is 3.25. The van der Waals surface area contributed by atoms with E-state index in [0.717, 1.165) is 10.9 Å². The smallest absolute Gasteiger partial charge is 0.0744 e. The van der Waals surface area contributed by atoms with Crippen LogP contribution in [-0.2, 0) is 0 Å². The van der Waals surface area contributed by atoms with Crippen LogP contribution >= 0.6 is 23.2 Å². The standard InChI is InChI=1S/C8H5Cl2N2/c9-5-3-6-4(1-2-12-6)7(10)8(5)11/h1,3,12H,11H2. The Morgan fingerprint density at radius 3 is 2.92 bits per heavy atom. The Labute approximate surface area is 79.3 Å². The van der Waals surface area contributed by atoms with Crippen molar-refractivity contribution in [3.05, 3.63) is 28.4 Å². The summed E-state index contributed by atoms with van der Waals surface area (Å²) < 4.78 is 0. The van der Waals surface area contributed by atoms with Crippen LogP contribution in [0.2, 0.25) is 10.0 Å². The summed E-state index contributed by atoms with van der Waals surface area (Å²) in [4.78, 5) is 2.88. The molecule has 0 aliphatic heterocycles. The van der Waals surface area contributed by atoms with Crippen molar-refractivity contribution >= 4 is 39.8 Å². The van der Waals surface area contributed by atoms with E-state index < -0.39 is 0 Å². The van der Waals surface area contributed by atoms with E-state index >= 15 is 0 Å². The number of nitrogens with one attached hydrogen (secondary N) is 1. The molecular formula is C8H5Cl2N2. The quantitative estimate of drug-likeness (QED) is 0.630. The zero-order chi connectivity index (χ0) is 8.72. The van der Waals surface area contributed by atoms with Crippen molar-refractivity contribution in [1.29, 1.82) is 0 Å². The van der Waals surface area contributed by atoms with Crippen molar-refractivity contribution in [2.24, 2.45) is 0 Å². The highest BCUT2D eigenvalue weighted by Gasteiger charge is 2.07. The molecule has 2 aromatic rings. The first-order chi connectivity index (χ1) is 5.70. The number of rotatable bonds is 0. The van der Waals surface area contributed by atoms with Gasteiger partial charge in [0.15, 0.2) is 0 Å². The average molecular weight is 200 g/mol. The molecule has 1 radical (unpaired) electrons. The molecule has 3 N–H and O–H groups in total. The van der Waals surface area contributed by atoms with Gasteiger partial charge in [-0.2, -0.15) is 0 Å². The third-order valence-electron chi connectivity index (χ3n) is 1.71. The minimum atomic E-state index is 0.416. The van der Waals surface area contributed by atoms with Gasteiger partial charge in [0.2, 0.25) is 0 Å². The third kappa shape index (κ3) is 0.958. The lowest BCUT2D eigenvalue weighted by molar-refractivity contribution is 1.46. The molecule has 2 rings (SSSR count). The van der Waals surface area contributed by atoms with E-state index in [2.05, 4.69) is 11.2 Å². The molecule has 0 spiro atoms. The minimum absolute atomic E-state index is 0.416. The predicted octanol–water partition coefficient (Wildman–Crippen LogP) is 2.86. The molecule has 61 valence electrons. The number of benzene rings is 1. The summed E-state index contributed by atoms with van der Waals surface area (Å²) in [6, 6.07) is 3.47. The zero-order valence-corrected chi connectivity index (χ0v) is 7.50. The van der Waals surface area contributed by atoms with Crippen molar-refractivity contribution in [3.63, 3.8) is 0 Å².